The van der Waals surface area contributed by atoms with Gasteiger partial charge >= 0.3 is 0 Å². The average Bonchev–Trinajstić information content (AvgIpc) is 2.30. The summed E-state index contributed by atoms with van der Waals surface area (Å²) in [6, 6.07) is 0.394. The van der Waals surface area contributed by atoms with Crippen LogP contribution in [0.4, 0.5) is 0 Å². The van der Waals surface area contributed by atoms with Gasteiger partial charge in [0, 0.05) is 6.04 Å². The van der Waals surface area contributed by atoms with E-state index in [2.05, 4.69) is 60.6 Å². The van der Waals surface area contributed by atoms with Crippen LogP contribution in [0.1, 0.15) is 39.4 Å². The smallest absolute Gasteiger partial charge is 0.0980 e. The molecule has 0 spiro atoms. The second kappa shape index (κ2) is 3.32. The van der Waals surface area contributed by atoms with Gasteiger partial charge in [0.25, 0.3) is 0 Å². The molecule has 12 heavy (non-hydrogen) atoms. The average molecular weight is 279 g/mol. The van der Waals surface area contributed by atoms with E-state index in [1.807, 2.05) is 10.9 Å². The third-order valence-corrected chi connectivity index (χ3v) is 2.20. The van der Waals surface area contributed by atoms with Crippen molar-refractivity contribution < 1.29 is 0 Å². The third kappa shape index (κ3) is 2.18. The Balaban J connectivity index is 2.92. The van der Waals surface area contributed by atoms with Gasteiger partial charge in [-0.25, -0.2) is 4.68 Å². The van der Waals surface area contributed by atoms with Crippen molar-refractivity contribution >= 4 is 22.6 Å². The molecule has 1 aromatic heterocycles. The molecule has 3 nitrogen and oxygen atoms in total. The molecular formula is C8H14IN3. The maximum atomic E-state index is 4.11. The molecule has 4 heteroatoms. The fraction of sp³-hybridized carbons (Fsp3) is 0.750. The highest BCUT2D eigenvalue weighted by atomic mass is 127. The van der Waals surface area contributed by atoms with Gasteiger partial charge in [0.1, 0.15) is 0 Å². The quantitative estimate of drug-likeness (QED) is 0.615. The van der Waals surface area contributed by atoms with E-state index in [1.165, 1.54) is 0 Å². The molecule has 68 valence electrons. The van der Waals surface area contributed by atoms with Gasteiger partial charge in [-0.1, -0.05) is 27.8 Å². The molecule has 0 saturated carbocycles. The van der Waals surface area contributed by atoms with Gasteiger partial charge in [-0.15, -0.1) is 5.10 Å². The molecule has 0 atom stereocenters. The van der Waals surface area contributed by atoms with Crippen molar-refractivity contribution in [1.29, 1.82) is 0 Å². The van der Waals surface area contributed by atoms with Crippen molar-refractivity contribution in [1.82, 2.24) is 15.0 Å². The highest BCUT2D eigenvalue weighted by molar-refractivity contribution is 14.1. The first kappa shape index (κ1) is 9.95. The van der Waals surface area contributed by atoms with E-state index in [9.17, 15) is 0 Å². The number of rotatable bonds is 2. The normalized spacial score (nSPS) is 12.5. The molecule has 0 radical (unpaired) electrons. The second-order valence-electron chi connectivity index (χ2n) is 3.65. The van der Waals surface area contributed by atoms with Crippen LogP contribution in [0.15, 0.2) is 6.20 Å². The lowest BCUT2D eigenvalue weighted by atomic mass is 10.1. The summed E-state index contributed by atoms with van der Waals surface area (Å²) in [5.74, 6) is 0. The van der Waals surface area contributed by atoms with Crippen molar-refractivity contribution in [2.75, 3.05) is 0 Å². The molecule has 0 saturated heterocycles. The number of halogens is 1. The summed E-state index contributed by atoms with van der Waals surface area (Å²) in [5, 5.41) is 8.16. The number of nitrogens with zero attached hydrogens (tertiary/aromatic N) is 3. The number of aromatic nitrogens is 3. The van der Waals surface area contributed by atoms with Crippen LogP contribution in [0.2, 0.25) is 0 Å². The zero-order valence-corrected chi connectivity index (χ0v) is 10.0. The predicted molar refractivity (Wildman–Crippen MR) is 57.5 cm³/mol. The number of hydrogen-bond acceptors (Lipinski definition) is 2. The molecule has 1 aromatic rings. The molecule has 0 aliphatic heterocycles. The van der Waals surface area contributed by atoms with Crippen molar-refractivity contribution in [2.24, 2.45) is 0 Å². The van der Waals surface area contributed by atoms with Crippen LogP contribution in [-0.2, 0) is 3.42 Å². The van der Waals surface area contributed by atoms with Gasteiger partial charge in [-0.05, 0) is 27.7 Å². The van der Waals surface area contributed by atoms with Gasteiger partial charge in [0.2, 0.25) is 0 Å². The maximum absolute atomic E-state index is 4.11. The summed E-state index contributed by atoms with van der Waals surface area (Å²) in [5.41, 5.74) is 1.04. The Morgan fingerprint density at radius 2 is 2.08 bits per heavy atom. The van der Waals surface area contributed by atoms with Crippen LogP contribution in [-0.4, -0.2) is 15.0 Å². The van der Waals surface area contributed by atoms with E-state index < -0.39 is 0 Å². The summed E-state index contributed by atoms with van der Waals surface area (Å²) in [7, 11) is 0. The van der Waals surface area contributed by atoms with Gasteiger partial charge < -0.3 is 0 Å². The van der Waals surface area contributed by atoms with Gasteiger partial charge in [0.15, 0.2) is 0 Å². The van der Waals surface area contributed by atoms with E-state index in [1.54, 1.807) is 0 Å². The van der Waals surface area contributed by atoms with Crippen LogP contribution in [0, 0.1) is 0 Å². The molecule has 1 rings (SSSR count). The second-order valence-corrected chi connectivity index (χ2v) is 6.35. The summed E-state index contributed by atoms with van der Waals surface area (Å²) in [4.78, 5) is 0. The Morgan fingerprint density at radius 3 is 2.33 bits per heavy atom. The Bertz CT molecular complexity index is 260. The summed E-state index contributed by atoms with van der Waals surface area (Å²) < 4.78 is 1.96. The fourth-order valence-corrected chi connectivity index (χ4v) is 1.05. The molecule has 0 aliphatic carbocycles. The first-order valence-electron chi connectivity index (χ1n) is 4.02. The molecule has 0 aromatic carbocycles. The highest BCUT2D eigenvalue weighted by Crippen LogP contribution is 2.28. The van der Waals surface area contributed by atoms with Crippen LogP contribution < -0.4 is 0 Å². The SMILES string of the molecule is CC(C)n1cc(C(C)(C)I)nn1. The molecule has 0 bridgehead atoms. The molecule has 0 aliphatic rings. The Morgan fingerprint density at radius 1 is 1.50 bits per heavy atom. The van der Waals surface area contributed by atoms with Gasteiger partial charge in [-0.2, -0.15) is 0 Å². The van der Waals surface area contributed by atoms with E-state index in [-0.39, 0.29) is 3.42 Å². The molecule has 1 heterocycles. The number of hydrogen-bond donors (Lipinski definition) is 0. The molecule has 0 unspecified atom stereocenters. The first-order chi connectivity index (χ1) is 5.41. The third-order valence-electron chi connectivity index (χ3n) is 1.65. The fourth-order valence-electron chi connectivity index (χ4n) is 0.801. The minimum absolute atomic E-state index is 0.0743. The van der Waals surface area contributed by atoms with Crippen LogP contribution in [0.5, 0.6) is 0 Å². The van der Waals surface area contributed by atoms with E-state index in [0.29, 0.717) is 6.04 Å². The van der Waals surface area contributed by atoms with E-state index in [4.69, 9.17) is 0 Å². The summed E-state index contributed by atoms with van der Waals surface area (Å²) in [6.45, 7) is 8.45. The van der Waals surface area contributed by atoms with Gasteiger partial charge in [-0.3, -0.25) is 0 Å². The molecule has 0 N–H and O–H groups in total. The largest absolute Gasteiger partial charge is 0.250 e. The first-order valence-corrected chi connectivity index (χ1v) is 5.10. The van der Waals surface area contributed by atoms with E-state index >= 15 is 0 Å². The van der Waals surface area contributed by atoms with Crippen LogP contribution in [0.25, 0.3) is 0 Å². The predicted octanol–water partition coefficient (Wildman–Crippen LogP) is 2.53. The Kier molecular flexibility index (Phi) is 2.75. The van der Waals surface area contributed by atoms with Crippen molar-refractivity contribution in [3.63, 3.8) is 0 Å². The lowest BCUT2D eigenvalue weighted by Crippen LogP contribution is -2.06. The van der Waals surface area contributed by atoms with Crippen LogP contribution in [0.3, 0.4) is 0 Å². The summed E-state index contributed by atoms with van der Waals surface area (Å²) in [6.07, 6.45) is 2.01. The highest BCUT2D eigenvalue weighted by Gasteiger charge is 2.20. The standard InChI is InChI=1S/C8H14IN3/c1-6(2)12-5-7(10-11-12)8(3,4)9/h5-6H,1-4H3. The van der Waals surface area contributed by atoms with Crippen molar-refractivity contribution in [2.45, 2.75) is 37.2 Å². The lowest BCUT2D eigenvalue weighted by molar-refractivity contribution is 0.514. The van der Waals surface area contributed by atoms with Crippen molar-refractivity contribution in [3.8, 4) is 0 Å². The molecule has 0 amide bonds. The molecule has 0 fully saturated rings. The minimum atomic E-state index is 0.0743. The Labute approximate surface area is 86.7 Å². The minimum Gasteiger partial charge on any atom is -0.250 e. The zero-order valence-electron chi connectivity index (χ0n) is 7.87. The zero-order chi connectivity index (χ0) is 9.35. The number of alkyl halides is 1. The maximum Gasteiger partial charge on any atom is 0.0980 e. The topological polar surface area (TPSA) is 30.7 Å². The Hall–Kier alpha value is -0.130. The lowest BCUT2D eigenvalue weighted by Gasteiger charge is -2.10. The molecular weight excluding hydrogens is 265 g/mol. The van der Waals surface area contributed by atoms with Crippen molar-refractivity contribution in [3.05, 3.63) is 11.9 Å². The van der Waals surface area contributed by atoms with E-state index in [0.717, 1.165) is 5.69 Å². The monoisotopic (exact) mass is 279 g/mol. The summed E-state index contributed by atoms with van der Waals surface area (Å²) >= 11 is 2.36. The van der Waals surface area contributed by atoms with Gasteiger partial charge in [0.05, 0.1) is 15.3 Å². The van der Waals surface area contributed by atoms with Crippen LogP contribution >= 0.6 is 22.6 Å².